The second-order valence-electron chi connectivity index (χ2n) is 10.5. The van der Waals surface area contributed by atoms with Gasteiger partial charge in [-0.25, -0.2) is 29.3 Å². The Balaban J connectivity index is 1.07. The number of rotatable bonds is 7. The molecule has 1 aromatic carbocycles. The van der Waals surface area contributed by atoms with Gasteiger partial charge >= 0.3 is 0 Å². The molecule has 2 bridgehead atoms. The second-order valence-corrected chi connectivity index (χ2v) is 10.5. The van der Waals surface area contributed by atoms with Crippen LogP contribution in [0.15, 0.2) is 48.9 Å². The summed E-state index contributed by atoms with van der Waals surface area (Å²) in [6, 6.07) is 10.4. The molecule has 0 saturated carbocycles. The maximum atomic E-state index is 14.8. The van der Waals surface area contributed by atoms with Crippen molar-refractivity contribution in [2.45, 2.75) is 31.3 Å². The van der Waals surface area contributed by atoms with E-state index in [1.54, 1.807) is 12.4 Å². The number of likely N-dealkylation sites (tertiary alicyclic amines) is 1. The van der Waals surface area contributed by atoms with Gasteiger partial charge in [-0.1, -0.05) is 6.07 Å². The smallest absolute Gasteiger partial charge is 0.227 e. The molecule has 39 heavy (non-hydrogen) atoms. The molecule has 3 aliphatic heterocycles. The number of anilines is 4. The van der Waals surface area contributed by atoms with Gasteiger partial charge in [0.2, 0.25) is 11.9 Å². The molecule has 11 heteroatoms. The van der Waals surface area contributed by atoms with E-state index in [2.05, 4.69) is 40.0 Å². The Morgan fingerprint density at radius 3 is 2.62 bits per heavy atom. The molecule has 0 amide bonds. The topological polar surface area (TPSA) is 106 Å². The maximum absolute atomic E-state index is 14.8. The minimum atomic E-state index is -0.498. The summed E-state index contributed by atoms with van der Waals surface area (Å²) in [6.07, 6.45) is 8.16. The zero-order chi connectivity index (χ0) is 26.3. The third-order valence-electron chi connectivity index (χ3n) is 8.01. The lowest BCUT2D eigenvalue weighted by Gasteiger charge is -2.34. The van der Waals surface area contributed by atoms with E-state index in [0.717, 1.165) is 80.3 Å². The number of nitrogens with zero attached hydrogens (tertiary/aromatic N) is 8. The van der Waals surface area contributed by atoms with Crippen molar-refractivity contribution < 1.29 is 9.50 Å². The average Bonchev–Trinajstić information content (AvgIpc) is 3.73. The normalized spacial score (nSPS) is 20.9. The number of halogens is 1. The lowest BCUT2D eigenvalue weighted by molar-refractivity contribution is 0.177. The van der Waals surface area contributed by atoms with Gasteiger partial charge in [0.1, 0.15) is 11.5 Å². The van der Waals surface area contributed by atoms with Gasteiger partial charge in [0.05, 0.1) is 30.2 Å². The molecule has 3 aliphatic rings. The van der Waals surface area contributed by atoms with E-state index < -0.39 is 5.82 Å². The number of fused-ring (bicyclic) bond motifs is 3. The van der Waals surface area contributed by atoms with E-state index in [0.29, 0.717) is 23.6 Å². The van der Waals surface area contributed by atoms with Crippen molar-refractivity contribution in [2.24, 2.45) is 0 Å². The van der Waals surface area contributed by atoms with Crippen LogP contribution in [0.4, 0.5) is 27.8 Å². The molecule has 0 aliphatic carbocycles. The number of pyridine rings is 1. The average molecular weight is 528 g/mol. The summed E-state index contributed by atoms with van der Waals surface area (Å²) in [5.41, 5.74) is 2.39. The van der Waals surface area contributed by atoms with Gasteiger partial charge in [0.25, 0.3) is 0 Å². The minimum Gasteiger partial charge on any atom is -0.395 e. The number of piperazine rings is 1. The molecule has 3 aromatic heterocycles. The highest BCUT2D eigenvalue weighted by Crippen LogP contribution is 2.34. The SMILES string of the molecule is OCCN1CC2CC1CN2c1ccc(Nc2ncc(F)c(-c3ccc4nc(N5CCCC5)ncc4c3)n2)cn1. The first kappa shape index (κ1) is 24.1. The van der Waals surface area contributed by atoms with Crippen molar-refractivity contribution in [2.75, 3.05) is 54.4 Å². The predicted molar refractivity (Wildman–Crippen MR) is 148 cm³/mol. The number of benzene rings is 1. The minimum absolute atomic E-state index is 0.198. The Bertz CT molecular complexity index is 1490. The molecular weight excluding hydrogens is 497 g/mol. The van der Waals surface area contributed by atoms with Crippen LogP contribution < -0.4 is 15.1 Å². The molecule has 3 fully saturated rings. The summed E-state index contributed by atoms with van der Waals surface area (Å²) < 4.78 is 14.8. The van der Waals surface area contributed by atoms with Gasteiger partial charge in [-0.05, 0) is 43.5 Å². The summed E-state index contributed by atoms with van der Waals surface area (Å²) in [5.74, 6) is 1.47. The Labute approximate surface area is 225 Å². The molecule has 0 radical (unpaired) electrons. The number of aliphatic hydroxyl groups excluding tert-OH is 1. The van der Waals surface area contributed by atoms with Gasteiger partial charge in [0, 0.05) is 62.0 Å². The van der Waals surface area contributed by atoms with Crippen molar-refractivity contribution in [3.8, 4) is 11.3 Å². The van der Waals surface area contributed by atoms with Gasteiger partial charge in [-0.3, -0.25) is 4.90 Å². The van der Waals surface area contributed by atoms with Crippen LogP contribution in [0.25, 0.3) is 22.2 Å². The van der Waals surface area contributed by atoms with Crippen molar-refractivity contribution in [1.82, 2.24) is 29.8 Å². The summed E-state index contributed by atoms with van der Waals surface area (Å²) >= 11 is 0. The number of hydrogen-bond donors (Lipinski definition) is 2. The molecule has 10 nitrogen and oxygen atoms in total. The van der Waals surface area contributed by atoms with E-state index in [9.17, 15) is 9.50 Å². The van der Waals surface area contributed by atoms with E-state index in [1.165, 1.54) is 6.20 Å². The van der Waals surface area contributed by atoms with Crippen molar-refractivity contribution in [1.29, 1.82) is 0 Å². The summed E-state index contributed by atoms with van der Waals surface area (Å²) in [5, 5.41) is 13.2. The van der Waals surface area contributed by atoms with Crippen LogP contribution in [-0.4, -0.2) is 86.3 Å². The summed E-state index contributed by atoms with van der Waals surface area (Å²) in [4.78, 5) is 29.4. The van der Waals surface area contributed by atoms with E-state index in [4.69, 9.17) is 4.98 Å². The highest BCUT2D eigenvalue weighted by Gasteiger charge is 2.43. The Morgan fingerprint density at radius 1 is 0.949 bits per heavy atom. The predicted octanol–water partition coefficient (Wildman–Crippen LogP) is 3.22. The number of hydrogen-bond acceptors (Lipinski definition) is 10. The number of aromatic nitrogens is 5. The lowest BCUT2D eigenvalue weighted by Crippen LogP contribution is -2.47. The van der Waals surface area contributed by atoms with Crippen molar-refractivity contribution >= 4 is 34.3 Å². The first-order chi connectivity index (χ1) is 19.1. The fraction of sp³-hybridized carbons (Fsp3) is 0.393. The molecule has 7 rings (SSSR count). The van der Waals surface area contributed by atoms with E-state index in [-0.39, 0.29) is 12.3 Å². The van der Waals surface area contributed by atoms with Gasteiger partial charge in [-0.15, -0.1) is 0 Å². The second kappa shape index (κ2) is 9.97. The third-order valence-corrected chi connectivity index (χ3v) is 8.01. The fourth-order valence-electron chi connectivity index (χ4n) is 6.06. The van der Waals surface area contributed by atoms with E-state index >= 15 is 0 Å². The highest BCUT2D eigenvalue weighted by molar-refractivity contribution is 5.84. The zero-order valence-electron chi connectivity index (χ0n) is 21.5. The third kappa shape index (κ3) is 4.61. The fourth-order valence-corrected chi connectivity index (χ4v) is 6.06. The van der Waals surface area contributed by atoms with Crippen LogP contribution in [-0.2, 0) is 0 Å². The van der Waals surface area contributed by atoms with Crippen LogP contribution in [0.3, 0.4) is 0 Å². The van der Waals surface area contributed by atoms with Crippen LogP contribution >= 0.6 is 0 Å². The van der Waals surface area contributed by atoms with Crippen LogP contribution in [0.2, 0.25) is 0 Å². The number of β-amino-alcohol motifs (C(OH)–C–C–N with tert-alkyl or cyclic N) is 1. The van der Waals surface area contributed by atoms with Crippen LogP contribution in [0.5, 0.6) is 0 Å². The highest BCUT2D eigenvalue weighted by atomic mass is 19.1. The zero-order valence-corrected chi connectivity index (χ0v) is 21.5. The number of aliphatic hydroxyl groups is 1. The van der Waals surface area contributed by atoms with E-state index in [1.807, 2.05) is 30.3 Å². The molecule has 0 spiro atoms. The quantitative estimate of drug-likeness (QED) is 0.372. The first-order valence-corrected chi connectivity index (χ1v) is 13.5. The summed E-state index contributed by atoms with van der Waals surface area (Å²) in [6.45, 7) is 4.77. The monoisotopic (exact) mass is 527 g/mol. The molecule has 2 unspecified atom stereocenters. The maximum Gasteiger partial charge on any atom is 0.227 e. The van der Waals surface area contributed by atoms with Crippen LogP contribution in [0.1, 0.15) is 19.3 Å². The molecule has 3 saturated heterocycles. The molecule has 4 aromatic rings. The van der Waals surface area contributed by atoms with Gasteiger partial charge in [-0.2, -0.15) is 0 Å². The molecule has 200 valence electrons. The largest absolute Gasteiger partial charge is 0.395 e. The van der Waals surface area contributed by atoms with Gasteiger partial charge in [0.15, 0.2) is 5.82 Å². The van der Waals surface area contributed by atoms with Crippen molar-refractivity contribution in [3.63, 3.8) is 0 Å². The first-order valence-electron chi connectivity index (χ1n) is 13.5. The number of nitrogens with one attached hydrogen (secondary N) is 1. The molecule has 6 heterocycles. The van der Waals surface area contributed by atoms with Crippen LogP contribution in [0, 0.1) is 5.82 Å². The lowest BCUT2D eigenvalue weighted by atomic mass is 10.1. The standard InChI is InChI=1S/C28H30FN9O/c29-23-15-31-27(33-20-4-6-25(30-14-20)38-17-21-12-22(38)16-37(21)9-10-39)35-26(23)18-3-5-24-19(11-18)13-32-28(34-24)36-7-1-2-8-36/h3-6,11,13-15,21-22,39H,1-2,7-10,12,16-17H2,(H,31,33,35). The molecule has 2 N–H and O–H groups in total. The Kier molecular flexibility index (Phi) is 6.16. The summed E-state index contributed by atoms with van der Waals surface area (Å²) in [7, 11) is 0. The molecular formula is C28H30FN9O. The Morgan fingerprint density at radius 2 is 1.85 bits per heavy atom. The van der Waals surface area contributed by atoms with Crippen molar-refractivity contribution in [3.05, 3.63) is 54.7 Å². The Hall–Kier alpha value is -3.96. The van der Waals surface area contributed by atoms with Gasteiger partial charge < -0.3 is 20.2 Å². The molecule has 2 atom stereocenters.